The maximum absolute atomic E-state index is 12.3. The molecule has 3 aromatic rings. The van der Waals surface area contributed by atoms with Gasteiger partial charge in [-0.05, 0) is 43.3 Å². The van der Waals surface area contributed by atoms with Crippen LogP contribution in [-0.4, -0.2) is 17.5 Å². The molecule has 0 fully saturated rings. The number of hydrogen-bond acceptors (Lipinski definition) is 4. The number of ether oxygens (including phenoxy) is 1. The molecule has 0 unspecified atom stereocenters. The molecule has 0 saturated heterocycles. The molecule has 0 aliphatic rings. The summed E-state index contributed by atoms with van der Waals surface area (Å²) in [5, 5.41) is 6.40. The Morgan fingerprint density at radius 3 is 2.58 bits per heavy atom. The van der Waals surface area contributed by atoms with Crippen LogP contribution in [0.2, 0.25) is 5.02 Å². The summed E-state index contributed by atoms with van der Waals surface area (Å²) in [6.07, 6.45) is 1.58. The van der Waals surface area contributed by atoms with E-state index < -0.39 is 0 Å². The fourth-order valence-corrected chi connectivity index (χ4v) is 2.60. The average molecular weight is 368 g/mol. The topological polar surface area (TPSA) is 63.2 Å². The van der Waals surface area contributed by atoms with Crippen LogP contribution in [0.25, 0.3) is 0 Å². The van der Waals surface area contributed by atoms with Crippen molar-refractivity contribution in [3.63, 3.8) is 0 Å². The minimum Gasteiger partial charge on any atom is -0.492 e. The van der Waals surface area contributed by atoms with Crippen LogP contribution in [0.4, 0.5) is 17.2 Å². The van der Waals surface area contributed by atoms with Gasteiger partial charge in [-0.3, -0.25) is 4.79 Å². The number of carbonyl (C=O) groups is 1. The zero-order chi connectivity index (χ0) is 18.4. The Morgan fingerprint density at radius 2 is 1.85 bits per heavy atom. The van der Waals surface area contributed by atoms with Crippen molar-refractivity contribution in [2.24, 2.45) is 0 Å². The summed E-state index contributed by atoms with van der Waals surface area (Å²) in [5.74, 6) is 1.13. The van der Waals surface area contributed by atoms with Crippen molar-refractivity contribution in [3.05, 3.63) is 77.4 Å². The fourth-order valence-electron chi connectivity index (χ4n) is 2.37. The van der Waals surface area contributed by atoms with Crippen LogP contribution in [0.15, 0.2) is 66.9 Å². The van der Waals surface area contributed by atoms with Crippen molar-refractivity contribution in [1.82, 2.24) is 4.98 Å². The van der Waals surface area contributed by atoms with Gasteiger partial charge < -0.3 is 15.4 Å². The number of rotatable bonds is 6. The molecule has 2 N–H and O–H groups in total. The molecule has 0 spiro atoms. The zero-order valence-corrected chi connectivity index (χ0v) is 15.0. The first-order valence-electron chi connectivity index (χ1n) is 8.18. The number of para-hydroxylation sites is 2. The highest BCUT2D eigenvalue weighted by atomic mass is 35.5. The van der Waals surface area contributed by atoms with Gasteiger partial charge in [0.1, 0.15) is 11.6 Å². The van der Waals surface area contributed by atoms with Crippen molar-refractivity contribution < 1.29 is 9.53 Å². The van der Waals surface area contributed by atoms with E-state index in [1.807, 2.05) is 31.2 Å². The van der Waals surface area contributed by atoms with Crippen molar-refractivity contribution in [2.45, 2.75) is 6.92 Å². The number of pyridine rings is 1. The summed E-state index contributed by atoms with van der Waals surface area (Å²) in [5.41, 5.74) is 1.83. The Kier molecular flexibility index (Phi) is 5.71. The van der Waals surface area contributed by atoms with Gasteiger partial charge >= 0.3 is 0 Å². The zero-order valence-electron chi connectivity index (χ0n) is 14.2. The van der Waals surface area contributed by atoms with E-state index in [0.717, 1.165) is 11.4 Å². The van der Waals surface area contributed by atoms with Gasteiger partial charge in [-0.2, -0.15) is 0 Å². The second-order valence-corrected chi connectivity index (χ2v) is 5.83. The number of halogens is 1. The Bertz CT molecular complexity index is 898. The summed E-state index contributed by atoms with van der Waals surface area (Å²) in [7, 11) is 0. The lowest BCUT2D eigenvalue weighted by Gasteiger charge is -2.12. The third-order valence-corrected chi connectivity index (χ3v) is 3.92. The highest BCUT2D eigenvalue weighted by molar-refractivity contribution is 6.34. The molecule has 3 rings (SSSR count). The molecule has 0 radical (unpaired) electrons. The molecule has 6 heteroatoms. The third-order valence-electron chi connectivity index (χ3n) is 3.59. The molecule has 0 saturated carbocycles. The van der Waals surface area contributed by atoms with Crippen molar-refractivity contribution in [1.29, 1.82) is 0 Å². The number of hydrogen-bond donors (Lipinski definition) is 2. The van der Waals surface area contributed by atoms with Gasteiger partial charge in [-0.1, -0.05) is 35.9 Å². The van der Waals surface area contributed by atoms with E-state index in [0.29, 0.717) is 28.7 Å². The molecule has 26 heavy (non-hydrogen) atoms. The van der Waals surface area contributed by atoms with E-state index in [1.165, 1.54) is 0 Å². The fraction of sp³-hybridized carbons (Fsp3) is 0.100. The maximum atomic E-state index is 12.3. The molecular formula is C20H18ClN3O2. The minimum atomic E-state index is -0.278. The monoisotopic (exact) mass is 367 g/mol. The van der Waals surface area contributed by atoms with Gasteiger partial charge in [-0.25, -0.2) is 4.98 Å². The molecule has 0 aliphatic carbocycles. The van der Waals surface area contributed by atoms with Gasteiger partial charge in [0.2, 0.25) is 0 Å². The summed E-state index contributed by atoms with van der Waals surface area (Å²) < 4.78 is 5.59. The maximum Gasteiger partial charge on any atom is 0.257 e. The molecule has 1 amide bonds. The van der Waals surface area contributed by atoms with E-state index in [2.05, 4.69) is 15.6 Å². The molecule has 2 aromatic carbocycles. The predicted octanol–water partition coefficient (Wildman–Crippen LogP) is 5.13. The lowest BCUT2D eigenvalue weighted by atomic mass is 10.2. The number of carbonyl (C=O) groups excluding carboxylic acids is 1. The summed E-state index contributed by atoms with van der Waals surface area (Å²) in [6, 6.07) is 18.1. The van der Waals surface area contributed by atoms with E-state index in [9.17, 15) is 4.79 Å². The first-order valence-corrected chi connectivity index (χ1v) is 8.56. The standard InChI is InChI=1S/C20H18ClN3O2/c1-2-26-18-10-6-5-9-17(18)24-19-12-11-14(13-22-19)23-20(25)15-7-3-4-8-16(15)21/h3-13H,2H2,1H3,(H,22,24)(H,23,25). The van der Waals surface area contributed by atoms with Crippen LogP contribution in [0.5, 0.6) is 5.75 Å². The highest BCUT2D eigenvalue weighted by Gasteiger charge is 2.10. The van der Waals surface area contributed by atoms with Gasteiger partial charge in [0, 0.05) is 0 Å². The highest BCUT2D eigenvalue weighted by Crippen LogP contribution is 2.27. The van der Waals surface area contributed by atoms with Crippen molar-refractivity contribution in [3.8, 4) is 5.75 Å². The van der Waals surface area contributed by atoms with E-state index in [4.69, 9.17) is 16.3 Å². The Morgan fingerprint density at radius 1 is 1.08 bits per heavy atom. The van der Waals surface area contributed by atoms with Crippen LogP contribution in [-0.2, 0) is 0 Å². The molecule has 1 aromatic heterocycles. The van der Waals surface area contributed by atoms with E-state index >= 15 is 0 Å². The quantitative estimate of drug-likeness (QED) is 0.634. The van der Waals surface area contributed by atoms with Crippen LogP contribution in [0.1, 0.15) is 17.3 Å². The van der Waals surface area contributed by atoms with E-state index in [1.54, 1.807) is 42.6 Å². The van der Waals surface area contributed by atoms with Gasteiger partial charge in [-0.15, -0.1) is 0 Å². The number of anilines is 3. The number of nitrogens with zero attached hydrogens (tertiary/aromatic N) is 1. The first kappa shape index (κ1) is 17.8. The van der Waals surface area contributed by atoms with Crippen molar-refractivity contribution in [2.75, 3.05) is 17.2 Å². The molecular weight excluding hydrogens is 350 g/mol. The SMILES string of the molecule is CCOc1ccccc1Nc1ccc(NC(=O)c2ccccc2Cl)cn1. The first-order chi connectivity index (χ1) is 12.7. The average Bonchev–Trinajstić information content (AvgIpc) is 2.65. The molecule has 132 valence electrons. The number of nitrogens with one attached hydrogen (secondary N) is 2. The van der Waals surface area contributed by atoms with Crippen LogP contribution < -0.4 is 15.4 Å². The summed E-state index contributed by atoms with van der Waals surface area (Å²) in [4.78, 5) is 16.6. The molecule has 1 heterocycles. The van der Waals surface area contributed by atoms with Crippen LogP contribution in [0, 0.1) is 0 Å². The Balaban J connectivity index is 1.69. The lowest BCUT2D eigenvalue weighted by molar-refractivity contribution is 0.102. The van der Waals surface area contributed by atoms with Gasteiger partial charge in [0.25, 0.3) is 5.91 Å². The summed E-state index contributed by atoms with van der Waals surface area (Å²) in [6.45, 7) is 2.52. The predicted molar refractivity (Wildman–Crippen MR) is 105 cm³/mol. The Hall–Kier alpha value is -3.05. The second kappa shape index (κ2) is 8.36. The second-order valence-electron chi connectivity index (χ2n) is 5.42. The molecule has 0 aliphatic heterocycles. The van der Waals surface area contributed by atoms with Gasteiger partial charge in [0.05, 0.1) is 34.8 Å². The third kappa shape index (κ3) is 4.32. The Labute approximate surface area is 157 Å². The number of aromatic nitrogens is 1. The number of amides is 1. The van der Waals surface area contributed by atoms with Crippen LogP contribution in [0.3, 0.4) is 0 Å². The smallest absolute Gasteiger partial charge is 0.257 e. The summed E-state index contributed by atoms with van der Waals surface area (Å²) >= 11 is 6.04. The van der Waals surface area contributed by atoms with Crippen LogP contribution >= 0.6 is 11.6 Å². The lowest BCUT2D eigenvalue weighted by Crippen LogP contribution is -2.12. The van der Waals surface area contributed by atoms with E-state index in [-0.39, 0.29) is 5.91 Å². The minimum absolute atomic E-state index is 0.278. The number of benzene rings is 2. The molecule has 5 nitrogen and oxygen atoms in total. The molecule has 0 atom stereocenters. The van der Waals surface area contributed by atoms with Gasteiger partial charge in [0.15, 0.2) is 0 Å². The van der Waals surface area contributed by atoms with Crippen molar-refractivity contribution >= 4 is 34.7 Å². The molecule has 0 bridgehead atoms. The normalized spacial score (nSPS) is 10.2. The largest absolute Gasteiger partial charge is 0.492 e.